The molecule has 0 atom stereocenters. The number of hydrogen-bond acceptors (Lipinski definition) is 5. The summed E-state index contributed by atoms with van der Waals surface area (Å²) in [4.78, 5) is 20.0. The lowest BCUT2D eigenvalue weighted by molar-refractivity contribution is -0.130. The fourth-order valence-corrected chi connectivity index (χ4v) is 4.99. The number of carbonyl (C=O) groups excluding carboxylic acids is 1. The van der Waals surface area contributed by atoms with E-state index in [4.69, 9.17) is 0 Å². The van der Waals surface area contributed by atoms with Gasteiger partial charge in [-0.1, -0.05) is 18.2 Å². The van der Waals surface area contributed by atoms with E-state index in [2.05, 4.69) is 15.3 Å². The smallest absolute Gasteiger partial charge is 0.354 e. The van der Waals surface area contributed by atoms with Gasteiger partial charge in [0.15, 0.2) is 0 Å². The Kier molecular flexibility index (Phi) is 5.68. The molecule has 168 valence electrons. The van der Waals surface area contributed by atoms with Crippen LogP contribution < -0.4 is 5.32 Å². The normalized spacial score (nSPS) is 14.3. The molecule has 0 bridgehead atoms. The van der Waals surface area contributed by atoms with Crippen molar-refractivity contribution in [3.63, 3.8) is 0 Å². The monoisotopic (exact) mass is 464 g/mol. The topological polar surface area (TPSA) is 95.2 Å². The zero-order valence-corrected chi connectivity index (χ0v) is 17.5. The summed E-state index contributed by atoms with van der Waals surface area (Å²) >= 11 is 0. The second kappa shape index (κ2) is 8.30. The average molecular weight is 464 g/mol. The van der Waals surface area contributed by atoms with Crippen LogP contribution in [0.3, 0.4) is 0 Å². The summed E-state index contributed by atoms with van der Waals surface area (Å²) in [5.74, 6) is -2.05. The van der Waals surface area contributed by atoms with Crippen molar-refractivity contribution in [3.05, 3.63) is 66.1 Å². The van der Waals surface area contributed by atoms with Crippen molar-refractivity contribution in [3.8, 4) is 11.3 Å². The maximum atomic E-state index is 13.0. The Hall–Kier alpha value is -3.34. The molecule has 4 rings (SSSR count). The first kappa shape index (κ1) is 21.9. The minimum atomic E-state index is -4.63. The highest BCUT2D eigenvalue weighted by Crippen LogP contribution is 2.38. The molecule has 1 aliphatic heterocycles. The number of rotatable bonds is 6. The number of pyridine rings is 1. The maximum Gasteiger partial charge on any atom is 0.390 e. The number of nitrogens with zero attached hydrogens (tertiary/aromatic N) is 2. The fourth-order valence-electron chi connectivity index (χ4n) is 3.57. The number of nitrogens with one attached hydrogen (secondary N) is 2. The molecule has 0 aliphatic carbocycles. The fraction of sp³-hybridized carbons (Fsp3) is 0.238. The van der Waals surface area contributed by atoms with Gasteiger partial charge in [-0.05, 0) is 30.7 Å². The molecule has 2 aromatic heterocycles. The predicted molar refractivity (Wildman–Crippen MR) is 113 cm³/mol. The van der Waals surface area contributed by atoms with Crippen LogP contribution in [-0.4, -0.2) is 47.1 Å². The Morgan fingerprint density at radius 3 is 2.41 bits per heavy atom. The molecule has 32 heavy (non-hydrogen) atoms. The van der Waals surface area contributed by atoms with Crippen LogP contribution in [0.2, 0.25) is 0 Å². The van der Waals surface area contributed by atoms with Gasteiger partial charge in [-0.3, -0.25) is 9.78 Å². The molecule has 0 spiro atoms. The van der Waals surface area contributed by atoms with Gasteiger partial charge in [-0.2, -0.15) is 13.2 Å². The van der Waals surface area contributed by atoms with Gasteiger partial charge in [0, 0.05) is 35.8 Å². The van der Waals surface area contributed by atoms with Gasteiger partial charge in [0.1, 0.15) is 5.69 Å². The summed E-state index contributed by atoms with van der Waals surface area (Å²) in [7, 11) is -4.42. The van der Waals surface area contributed by atoms with Crippen molar-refractivity contribution in [1.82, 2.24) is 14.3 Å². The molecule has 1 amide bonds. The zero-order chi connectivity index (χ0) is 22.9. The van der Waals surface area contributed by atoms with Crippen LogP contribution in [0.4, 0.5) is 24.5 Å². The summed E-state index contributed by atoms with van der Waals surface area (Å²) in [5, 5.41) is 3.28. The average Bonchev–Trinajstić information content (AvgIpc) is 3.13. The number of aromatic nitrogens is 2. The number of amides is 1. The number of sulfonamides is 1. The number of H-pyrrole nitrogens is 1. The number of hydrogen-bond donors (Lipinski definition) is 2. The van der Waals surface area contributed by atoms with E-state index in [1.165, 1.54) is 0 Å². The molecule has 0 radical (unpaired) electrons. The van der Waals surface area contributed by atoms with Gasteiger partial charge >= 0.3 is 6.18 Å². The van der Waals surface area contributed by atoms with Crippen molar-refractivity contribution in [1.29, 1.82) is 0 Å². The first-order valence-electron chi connectivity index (χ1n) is 9.74. The Morgan fingerprint density at radius 1 is 1.06 bits per heavy atom. The van der Waals surface area contributed by atoms with Crippen molar-refractivity contribution in [2.45, 2.75) is 19.0 Å². The SMILES string of the molecule is O=C1c2[nH]c(-c3ccncc3)c(Nc3ccccc3)c2CCN1S(=O)(=O)CCC(F)(F)F. The summed E-state index contributed by atoms with van der Waals surface area (Å²) in [5.41, 5.74) is 3.26. The summed E-state index contributed by atoms with van der Waals surface area (Å²) in [6.07, 6.45) is -2.83. The van der Waals surface area contributed by atoms with E-state index in [-0.39, 0.29) is 18.7 Å². The number of aromatic amines is 1. The Balaban J connectivity index is 1.73. The molecule has 0 saturated carbocycles. The Morgan fingerprint density at radius 2 is 1.75 bits per heavy atom. The van der Waals surface area contributed by atoms with E-state index in [9.17, 15) is 26.4 Å². The minimum absolute atomic E-state index is 0.0390. The molecular formula is C21H19F3N4O3S. The second-order valence-electron chi connectivity index (χ2n) is 7.26. The van der Waals surface area contributed by atoms with Gasteiger partial charge in [0.05, 0.1) is 23.6 Å². The van der Waals surface area contributed by atoms with Gasteiger partial charge in [0.2, 0.25) is 10.0 Å². The summed E-state index contributed by atoms with van der Waals surface area (Å²) in [6.45, 7) is -0.233. The van der Waals surface area contributed by atoms with Crippen molar-refractivity contribution in [2.24, 2.45) is 0 Å². The first-order valence-corrected chi connectivity index (χ1v) is 11.4. The number of carbonyl (C=O) groups is 1. The first-order chi connectivity index (χ1) is 15.2. The van der Waals surface area contributed by atoms with E-state index >= 15 is 0 Å². The number of halogens is 3. The molecule has 0 unspecified atom stereocenters. The van der Waals surface area contributed by atoms with E-state index in [0.29, 0.717) is 26.8 Å². The molecule has 0 fully saturated rings. The van der Waals surface area contributed by atoms with Crippen molar-refractivity contribution >= 4 is 27.3 Å². The van der Waals surface area contributed by atoms with Crippen LogP contribution in [0.15, 0.2) is 54.9 Å². The molecule has 11 heteroatoms. The summed E-state index contributed by atoms with van der Waals surface area (Å²) in [6, 6.07) is 12.7. The Bertz CT molecular complexity index is 1230. The number of benzene rings is 1. The predicted octanol–water partition coefficient (Wildman–Crippen LogP) is 4.10. The lowest BCUT2D eigenvalue weighted by Gasteiger charge is -2.27. The summed E-state index contributed by atoms with van der Waals surface area (Å²) < 4.78 is 63.1. The maximum absolute atomic E-state index is 13.0. The van der Waals surface area contributed by atoms with Crippen LogP contribution in [0, 0.1) is 0 Å². The van der Waals surface area contributed by atoms with Crippen LogP contribution in [0.25, 0.3) is 11.3 Å². The zero-order valence-electron chi connectivity index (χ0n) is 16.7. The third kappa shape index (κ3) is 4.47. The quantitative estimate of drug-likeness (QED) is 0.573. The van der Waals surface area contributed by atoms with E-state index in [0.717, 1.165) is 5.69 Å². The van der Waals surface area contributed by atoms with Gasteiger partial charge < -0.3 is 10.3 Å². The number of alkyl halides is 3. The van der Waals surface area contributed by atoms with E-state index in [1.807, 2.05) is 30.3 Å². The minimum Gasteiger partial charge on any atom is -0.354 e. The van der Waals surface area contributed by atoms with Gasteiger partial charge in [-0.25, -0.2) is 12.7 Å². The number of anilines is 2. The van der Waals surface area contributed by atoms with Crippen molar-refractivity contribution in [2.75, 3.05) is 17.6 Å². The Labute approximate surface area is 182 Å². The van der Waals surface area contributed by atoms with Crippen LogP contribution in [-0.2, 0) is 16.4 Å². The lowest BCUT2D eigenvalue weighted by atomic mass is 10.0. The third-order valence-corrected chi connectivity index (χ3v) is 6.84. The molecular weight excluding hydrogens is 445 g/mol. The molecule has 2 N–H and O–H groups in total. The number of fused-ring (bicyclic) bond motifs is 1. The lowest BCUT2D eigenvalue weighted by Crippen LogP contribution is -2.43. The van der Waals surface area contributed by atoms with Crippen LogP contribution in [0.5, 0.6) is 0 Å². The van der Waals surface area contributed by atoms with Crippen LogP contribution in [0.1, 0.15) is 22.5 Å². The molecule has 1 aromatic carbocycles. The number of para-hydroxylation sites is 1. The highest BCUT2D eigenvalue weighted by atomic mass is 32.2. The highest BCUT2D eigenvalue weighted by Gasteiger charge is 2.39. The van der Waals surface area contributed by atoms with E-state index < -0.39 is 34.3 Å². The van der Waals surface area contributed by atoms with Crippen molar-refractivity contribution < 1.29 is 26.4 Å². The van der Waals surface area contributed by atoms with E-state index in [1.54, 1.807) is 24.5 Å². The molecule has 3 heterocycles. The third-order valence-electron chi connectivity index (χ3n) is 5.10. The molecule has 7 nitrogen and oxygen atoms in total. The van der Waals surface area contributed by atoms with Gasteiger partial charge in [-0.15, -0.1) is 0 Å². The largest absolute Gasteiger partial charge is 0.390 e. The molecule has 1 aliphatic rings. The van der Waals surface area contributed by atoms with Crippen LogP contribution >= 0.6 is 0 Å². The second-order valence-corrected chi connectivity index (χ2v) is 9.28. The molecule has 3 aromatic rings. The highest BCUT2D eigenvalue weighted by molar-refractivity contribution is 7.89. The molecule has 0 saturated heterocycles. The standard InChI is InChI=1S/C21H19F3N4O3S/c22-21(23,24)9-13-32(30,31)28-12-8-16-18(26-15-4-2-1-3-5-15)17(27-19(16)20(28)29)14-6-10-25-11-7-14/h1-7,10-11,26-27H,8-9,12-13H2. The van der Waals surface area contributed by atoms with Gasteiger partial charge in [0.25, 0.3) is 5.91 Å².